The van der Waals surface area contributed by atoms with Gasteiger partial charge in [0.05, 0.1) is 11.3 Å². The first-order valence-corrected chi connectivity index (χ1v) is 9.95. The van der Waals surface area contributed by atoms with E-state index in [0.717, 1.165) is 0 Å². The Morgan fingerprint density at radius 2 is 1.84 bits per heavy atom. The molecule has 2 aliphatic rings. The fourth-order valence-electron chi connectivity index (χ4n) is 3.94. The number of fused-ring (bicyclic) bond motifs is 2. The Labute approximate surface area is 176 Å². The highest BCUT2D eigenvalue weighted by atomic mass is 16.6. The summed E-state index contributed by atoms with van der Waals surface area (Å²) in [7, 11) is 0. The van der Waals surface area contributed by atoms with E-state index in [0.29, 0.717) is 47.9 Å². The van der Waals surface area contributed by atoms with Crippen LogP contribution < -0.4 is 15.0 Å². The van der Waals surface area contributed by atoms with Gasteiger partial charge in [0.15, 0.2) is 17.3 Å². The molecule has 8 nitrogen and oxygen atoms in total. The minimum atomic E-state index is -0.774. The number of nitrogens with zero attached hydrogens (tertiary/aromatic N) is 2. The zero-order chi connectivity index (χ0) is 21.5. The van der Waals surface area contributed by atoms with Crippen molar-refractivity contribution in [3.8, 4) is 17.2 Å². The van der Waals surface area contributed by atoms with Gasteiger partial charge in [-0.15, -0.1) is 0 Å². The van der Waals surface area contributed by atoms with Crippen LogP contribution in [0, 0.1) is 0 Å². The highest BCUT2D eigenvalue weighted by Gasteiger charge is 2.30. The minimum Gasteiger partial charge on any atom is -0.511 e. The topological polar surface area (TPSA) is 108 Å². The second-order valence-electron chi connectivity index (χ2n) is 7.37. The average Bonchev–Trinajstić information content (AvgIpc) is 2.78. The molecule has 156 valence electrons. The van der Waals surface area contributed by atoms with E-state index in [4.69, 9.17) is 9.47 Å². The van der Waals surface area contributed by atoms with Crippen molar-refractivity contribution in [2.75, 3.05) is 13.2 Å². The molecule has 0 atom stereocenters. The molecule has 0 radical (unpaired) electrons. The van der Waals surface area contributed by atoms with Crippen molar-refractivity contribution in [1.82, 2.24) is 9.55 Å². The highest BCUT2D eigenvalue weighted by molar-refractivity contribution is 6.27. The van der Waals surface area contributed by atoms with Crippen LogP contribution in [-0.4, -0.2) is 39.4 Å². The van der Waals surface area contributed by atoms with Gasteiger partial charge in [-0.2, -0.15) is 0 Å². The summed E-state index contributed by atoms with van der Waals surface area (Å²) in [6.07, 6.45) is 2.43. The Kier molecular flexibility index (Phi) is 4.54. The second kappa shape index (κ2) is 7.39. The normalized spacial score (nSPS) is 15.9. The maximum Gasteiger partial charge on any atom is 0.268 e. The molecule has 1 aliphatic heterocycles. The van der Waals surface area contributed by atoms with E-state index in [-0.39, 0.29) is 29.7 Å². The number of carbonyl (C=O) groups is 2. The number of aliphatic hydroxyl groups excluding tert-OH is 1. The van der Waals surface area contributed by atoms with Crippen molar-refractivity contribution in [3.63, 3.8) is 0 Å². The number of carbonyl (C=O) groups excluding carboxylic acids is 2. The van der Waals surface area contributed by atoms with Crippen molar-refractivity contribution in [3.05, 3.63) is 69.8 Å². The van der Waals surface area contributed by atoms with Gasteiger partial charge < -0.3 is 14.6 Å². The number of aliphatic hydroxyl groups is 1. The maximum atomic E-state index is 13.5. The van der Waals surface area contributed by atoms with Crippen molar-refractivity contribution in [2.24, 2.45) is 0 Å². The Morgan fingerprint density at radius 3 is 2.65 bits per heavy atom. The summed E-state index contributed by atoms with van der Waals surface area (Å²) in [6.45, 7) is 0.825. The van der Waals surface area contributed by atoms with Crippen molar-refractivity contribution >= 4 is 22.6 Å². The van der Waals surface area contributed by atoms with Crippen molar-refractivity contribution < 1.29 is 24.2 Å². The first-order valence-electron chi connectivity index (χ1n) is 9.95. The van der Waals surface area contributed by atoms with Gasteiger partial charge in [-0.3, -0.25) is 19.0 Å². The van der Waals surface area contributed by atoms with Crippen LogP contribution in [0.4, 0.5) is 0 Å². The lowest BCUT2D eigenvalue weighted by Crippen LogP contribution is -2.29. The van der Waals surface area contributed by atoms with Gasteiger partial charge in [0.2, 0.25) is 5.78 Å². The van der Waals surface area contributed by atoms with Crippen LogP contribution in [-0.2, 0) is 4.79 Å². The fourth-order valence-corrected chi connectivity index (χ4v) is 3.94. The van der Waals surface area contributed by atoms with Crippen molar-refractivity contribution in [1.29, 1.82) is 0 Å². The molecule has 1 aromatic carbocycles. The van der Waals surface area contributed by atoms with E-state index in [1.54, 1.807) is 36.5 Å². The lowest BCUT2D eigenvalue weighted by atomic mass is 9.90. The van der Waals surface area contributed by atoms with E-state index in [1.165, 1.54) is 10.6 Å². The first-order chi connectivity index (χ1) is 15.0. The molecule has 0 bridgehead atoms. The predicted molar refractivity (Wildman–Crippen MR) is 111 cm³/mol. The number of hydrogen-bond donors (Lipinski definition) is 1. The van der Waals surface area contributed by atoms with Crippen LogP contribution >= 0.6 is 0 Å². The number of ketones is 2. The van der Waals surface area contributed by atoms with Crippen LogP contribution in [0.15, 0.2) is 58.7 Å². The molecule has 1 N–H and O–H groups in total. The lowest BCUT2D eigenvalue weighted by Gasteiger charge is -2.20. The third-order valence-corrected chi connectivity index (χ3v) is 5.40. The molecule has 2 aromatic heterocycles. The molecule has 0 unspecified atom stereocenters. The highest BCUT2D eigenvalue weighted by Crippen LogP contribution is 2.32. The van der Waals surface area contributed by atoms with Crippen LogP contribution in [0.5, 0.6) is 11.5 Å². The van der Waals surface area contributed by atoms with E-state index >= 15 is 0 Å². The maximum absolute atomic E-state index is 13.5. The van der Waals surface area contributed by atoms with Gasteiger partial charge in [-0.25, -0.2) is 4.98 Å². The Hall–Kier alpha value is -3.94. The summed E-state index contributed by atoms with van der Waals surface area (Å²) in [4.78, 5) is 43.3. The molecule has 0 saturated carbocycles. The second-order valence-corrected chi connectivity index (χ2v) is 7.37. The van der Waals surface area contributed by atoms with Gasteiger partial charge in [-0.1, -0.05) is 0 Å². The standard InChI is InChI=1S/C23H18N2O6/c26-16-4-1-5-17(27)20(16)21(28)15-11-13-3-2-8-24-22(13)25(23(15)29)14-6-7-18-19(12-14)31-10-9-30-18/h2-3,6-8,11-12,26H,1,4-5,9-10H2. The third-order valence-electron chi connectivity index (χ3n) is 5.40. The van der Waals surface area contributed by atoms with Gasteiger partial charge in [0.1, 0.15) is 30.2 Å². The monoisotopic (exact) mass is 418 g/mol. The summed E-state index contributed by atoms with van der Waals surface area (Å²) in [6, 6.07) is 9.87. The Balaban J connectivity index is 1.74. The summed E-state index contributed by atoms with van der Waals surface area (Å²) < 4.78 is 12.5. The molecule has 5 rings (SSSR count). The molecule has 0 spiro atoms. The number of ether oxygens (including phenoxy) is 2. The number of rotatable bonds is 3. The molecular weight excluding hydrogens is 400 g/mol. The summed E-state index contributed by atoms with van der Waals surface area (Å²) in [5, 5.41) is 10.7. The predicted octanol–water partition coefficient (Wildman–Crippen LogP) is 2.90. The number of pyridine rings is 2. The number of allylic oxidation sites excluding steroid dienone is 2. The molecule has 0 amide bonds. The largest absolute Gasteiger partial charge is 0.511 e. The first kappa shape index (κ1) is 19.0. The molecule has 3 aromatic rings. The summed E-state index contributed by atoms with van der Waals surface area (Å²) >= 11 is 0. The quantitative estimate of drug-likeness (QED) is 0.515. The number of hydrogen-bond acceptors (Lipinski definition) is 7. The minimum absolute atomic E-state index is 0.163. The molecule has 1 aliphatic carbocycles. The fraction of sp³-hybridized carbons (Fsp3) is 0.217. The SMILES string of the molecule is O=C1CCCC(O)=C1C(=O)c1cc2cccnc2n(-c2ccc3c(c2)OCCO3)c1=O. The smallest absolute Gasteiger partial charge is 0.268 e. The zero-order valence-electron chi connectivity index (χ0n) is 16.5. The van der Waals surface area contributed by atoms with Crippen molar-refractivity contribution in [2.45, 2.75) is 19.3 Å². The number of aromatic nitrogens is 2. The molecular formula is C23H18N2O6. The number of Topliss-reactive ketones (excluding diaryl/α,β-unsaturated/α-hetero) is 2. The Morgan fingerprint density at radius 1 is 1.03 bits per heavy atom. The van der Waals surface area contributed by atoms with E-state index in [9.17, 15) is 19.5 Å². The van der Waals surface area contributed by atoms with Gasteiger partial charge >= 0.3 is 0 Å². The van der Waals surface area contributed by atoms with Crippen LogP contribution in [0.3, 0.4) is 0 Å². The molecule has 0 saturated heterocycles. The van der Waals surface area contributed by atoms with E-state index < -0.39 is 17.1 Å². The molecule has 31 heavy (non-hydrogen) atoms. The van der Waals surface area contributed by atoms with Crippen LogP contribution in [0.1, 0.15) is 29.6 Å². The van der Waals surface area contributed by atoms with Gasteiger partial charge in [-0.05, 0) is 36.8 Å². The van der Waals surface area contributed by atoms with Crippen LogP contribution in [0.2, 0.25) is 0 Å². The third kappa shape index (κ3) is 3.16. The summed E-state index contributed by atoms with van der Waals surface area (Å²) in [5.41, 5.74) is -0.339. The van der Waals surface area contributed by atoms with Gasteiger partial charge in [0, 0.05) is 30.5 Å². The molecule has 8 heteroatoms. The lowest BCUT2D eigenvalue weighted by molar-refractivity contribution is -0.116. The summed E-state index contributed by atoms with van der Waals surface area (Å²) in [5.74, 6) is -0.443. The average molecular weight is 418 g/mol. The molecule has 0 fully saturated rings. The molecule has 3 heterocycles. The van der Waals surface area contributed by atoms with Gasteiger partial charge in [0.25, 0.3) is 5.56 Å². The number of benzene rings is 1. The van der Waals surface area contributed by atoms with Crippen LogP contribution in [0.25, 0.3) is 16.7 Å². The van der Waals surface area contributed by atoms with E-state index in [1.807, 2.05) is 0 Å². The zero-order valence-corrected chi connectivity index (χ0v) is 16.5. The Bertz CT molecular complexity index is 1340. The van der Waals surface area contributed by atoms with E-state index in [2.05, 4.69) is 4.98 Å².